The maximum Gasteiger partial charge on any atom is 0.272 e. The third-order valence-corrected chi connectivity index (χ3v) is 4.23. The van der Waals surface area contributed by atoms with Crippen molar-refractivity contribution in [2.24, 2.45) is 0 Å². The fraction of sp³-hybridized carbons (Fsp3) is 0.222. The van der Waals surface area contributed by atoms with E-state index in [1.165, 1.54) is 18.2 Å². The quantitative estimate of drug-likeness (QED) is 0.512. The van der Waals surface area contributed by atoms with Crippen LogP contribution in [0, 0.1) is 17.0 Å². The third-order valence-electron chi connectivity index (χ3n) is 4.23. The number of ketones is 1. The number of hydrogen-bond acceptors (Lipinski definition) is 5. The van der Waals surface area contributed by atoms with Crippen LogP contribution >= 0.6 is 0 Å². The van der Waals surface area contributed by atoms with E-state index in [1.807, 2.05) is 0 Å². The van der Waals surface area contributed by atoms with Crippen LogP contribution in [-0.2, 0) is 4.79 Å². The lowest BCUT2D eigenvalue weighted by molar-refractivity contribution is -0.385. The van der Waals surface area contributed by atoms with Crippen molar-refractivity contribution >= 4 is 23.1 Å². The molecule has 0 bridgehead atoms. The second-order valence-electron chi connectivity index (χ2n) is 5.93. The summed E-state index contributed by atoms with van der Waals surface area (Å²) in [5, 5.41) is 13.6. The Labute approximate surface area is 143 Å². The molecule has 1 aliphatic rings. The average Bonchev–Trinajstić information content (AvgIpc) is 2.86. The minimum absolute atomic E-state index is 0.00320. The number of hydrogen-bond donors (Lipinski definition) is 1. The molecule has 2 aromatic carbocycles. The number of amides is 1. The van der Waals surface area contributed by atoms with Crippen molar-refractivity contribution in [1.82, 2.24) is 0 Å². The van der Waals surface area contributed by atoms with E-state index in [4.69, 9.17) is 4.74 Å². The van der Waals surface area contributed by atoms with Crippen LogP contribution in [0.3, 0.4) is 0 Å². The third kappa shape index (κ3) is 3.21. The molecule has 0 radical (unpaired) electrons. The van der Waals surface area contributed by atoms with Gasteiger partial charge >= 0.3 is 0 Å². The molecule has 7 heteroatoms. The highest BCUT2D eigenvalue weighted by Gasteiger charge is 2.27. The van der Waals surface area contributed by atoms with Crippen molar-refractivity contribution in [3.8, 4) is 5.75 Å². The van der Waals surface area contributed by atoms with E-state index >= 15 is 0 Å². The van der Waals surface area contributed by atoms with Crippen LogP contribution in [0.1, 0.15) is 34.3 Å². The molecule has 0 aromatic heterocycles. The first kappa shape index (κ1) is 16.6. The van der Waals surface area contributed by atoms with Gasteiger partial charge in [-0.25, -0.2) is 0 Å². The molecule has 0 saturated heterocycles. The van der Waals surface area contributed by atoms with Gasteiger partial charge in [0.05, 0.1) is 10.8 Å². The van der Waals surface area contributed by atoms with Crippen molar-refractivity contribution in [2.75, 3.05) is 11.9 Å². The number of nitrogens with zero attached hydrogens (tertiary/aromatic N) is 1. The smallest absolute Gasteiger partial charge is 0.272 e. The van der Waals surface area contributed by atoms with Gasteiger partial charge in [-0.05, 0) is 49.7 Å². The summed E-state index contributed by atoms with van der Waals surface area (Å²) in [5.74, 6) is -0.216. The maximum absolute atomic E-state index is 12.3. The predicted molar refractivity (Wildman–Crippen MR) is 91.1 cm³/mol. The molecular formula is C18H16N2O5. The maximum atomic E-state index is 12.3. The number of aryl methyl sites for hydroxylation is 1. The molecule has 0 saturated carbocycles. The summed E-state index contributed by atoms with van der Waals surface area (Å²) in [5.41, 5.74) is 2.44. The Morgan fingerprint density at radius 2 is 2.04 bits per heavy atom. The van der Waals surface area contributed by atoms with E-state index in [0.717, 1.165) is 11.3 Å². The number of anilines is 1. The van der Waals surface area contributed by atoms with E-state index in [2.05, 4.69) is 5.32 Å². The molecule has 25 heavy (non-hydrogen) atoms. The standard InChI is InChI=1S/C18H16N2O5/c1-10-7-13(4-6-16(10)20(23)24)25-9-17(21)12-3-5-15-14(8-12)11(2)18(22)19-15/h3-8,11H,9H2,1-2H3,(H,19,22)/t11-/m0/s1. The topological polar surface area (TPSA) is 98.5 Å². The minimum Gasteiger partial charge on any atom is -0.485 e. The Morgan fingerprint density at radius 1 is 1.28 bits per heavy atom. The van der Waals surface area contributed by atoms with Gasteiger partial charge in [0, 0.05) is 22.9 Å². The number of nitro groups is 1. The zero-order valence-electron chi connectivity index (χ0n) is 13.7. The van der Waals surface area contributed by atoms with Gasteiger partial charge in [0.2, 0.25) is 5.91 Å². The number of nitro benzene ring substituents is 1. The summed E-state index contributed by atoms with van der Waals surface area (Å²) in [4.78, 5) is 34.3. The van der Waals surface area contributed by atoms with E-state index < -0.39 is 4.92 Å². The Kier molecular flexibility index (Phi) is 4.22. The molecule has 0 unspecified atom stereocenters. The molecule has 7 nitrogen and oxygen atoms in total. The van der Waals surface area contributed by atoms with Crippen LogP contribution in [0.25, 0.3) is 0 Å². The average molecular weight is 340 g/mol. The van der Waals surface area contributed by atoms with Gasteiger partial charge in [-0.3, -0.25) is 19.7 Å². The first-order valence-corrected chi connectivity index (χ1v) is 7.72. The molecule has 128 valence electrons. The van der Waals surface area contributed by atoms with Crippen molar-refractivity contribution in [1.29, 1.82) is 0 Å². The van der Waals surface area contributed by atoms with Crippen LogP contribution in [0.5, 0.6) is 5.75 Å². The van der Waals surface area contributed by atoms with E-state index in [9.17, 15) is 19.7 Å². The van der Waals surface area contributed by atoms with Crippen LogP contribution in [-0.4, -0.2) is 23.2 Å². The molecule has 2 aromatic rings. The highest BCUT2D eigenvalue weighted by atomic mass is 16.6. The first-order valence-electron chi connectivity index (χ1n) is 7.72. The fourth-order valence-electron chi connectivity index (χ4n) is 2.75. The van der Waals surface area contributed by atoms with Crippen molar-refractivity contribution in [2.45, 2.75) is 19.8 Å². The molecule has 1 N–H and O–H groups in total. The molecule has 0 spiro atoms. The Bertz CT molecular complexity index is 891. The number of nitrogens with one attached hydrogen (secondary N) is 1. The summed E-state index contributed by atoms with van der Waals surface area (Å²) in [6.45, 7) is 3.20. The lowest BCUT2D eigenvalue weighted by atomic mass is 9.99. The normalized spacial score (nSPS) is 15.4. The van der Waals surface area contributed by atoms with Gasteiger partial charge in [-0.1, -0.05) is 0 Å². The van der Waals surface area contributed by atoms with E-state index in [1.54, 1.807) is 32.0 Å². The second kappa shape index (κ2) is 6.35. The van der Waals surface area contributed by atoms with Crippen LogP contribution in [0.2, 0.25) is 0 Å². The summed E-state index contributed by atoms with van der Waals surface area (Å²) >= 11 is 0. The summed E-state index contributed by atoms with van der Waals surface area (Å²) in [6, 6.07) is 9.39. The Balaban J connectivity index is 1.71. The Morgan fingerprint density at radius 3 is 2.72 bits per heavy atom. The highest BCUT2D eigenvalue weighted by molar-refractivity contribution is 6.04. The largest absolute Gasteiger partial charge is 0.485 e. The fourth-order valence-corrected chi connectivity index (χ4v) is 2.75. The van der Waals surface area contributed by atoms with Gasteiger partial charge < -0.3 is 10.1 Å². The number of carbonyl (C=O) groups excluding carboxylic acids is 2. The number of fused-ring (bicyclic) bond motifs is 1. The first-order chi connectivity index (χ1) is 11.9. The summed E-state index contributed by atoms with van der Waals surface area (Å²) in [6.07, 6.45) is 0. The van der Waals surface area contributed by atoms with Crippen LogP contribution in [0.15, 0.2) is 36.4 Å². The second-order valence-corrected chi connectivity index (χ2v) is 5.93. The molecule has 1 amide bonds. The number of benzene rings is 2. The Hall–Kier alpha value is -3.22. The van der Waals surface area contributed by atoms with Crippen LogP contribution < -0.4 is 10.1 Å². The molecule has 1 heterocycles. The van der Waals surface area contributed by atoms with Gasteiger partial charge in [0.25, 0.3) is 5.69 Å². The minimum atomic E-state index is -0.467. The molecule has 0 aliphatic carbocycles. The van der Waals surface area contributed by atoms with Gasteiger partial charge in [0.1, 0.15) is 5.75 Å². The van der Waals surface area contributed by atoms with Gasteiger partial charge in [0.15, 0.2) is 12.4 Å². The molecular weight excluding hydrogens is 324 g/mol. The van der Waals surface area contributed by atoms with Crippen molar-refractivity contribution in [3.05, 3.63) is 63.2 Å². The SMILES string of the molecule is Cc1cc(OCC(=O)c2ccc3c(c2)[C@H](C)C(=O)N3)ccc1[N+](=O)[O-]. The van der Waals surface area contributed by atoms with E-state index in [0.29, 0.717) is 16.9 Å². The predicted octanol–water partition coefficient (Wildman–Crippen LogP) is 3.22. The summed E-state index contributed by atoms with van der Waals surface area (Å²) in [7, 11) is 0. The van der Waals surface area contributed by atoms with Crippen molar-refractivity contribution < 1.29 is 19.2 Å². The number of Topliss-reactive ketones (excluding diaryl/α,β-unsaturated/α-hetero) is 1. The van der Waals surface area contributed by atoms with Gasteiger partial charge in [-0.15, -0.1) is 0 Å². The number of rotatable bonds is 5. The van der Waals surface area contributed by atoms with Crippen LogP contribution in [0.4, 0.5) is 11.4 Å². The monoisotopic (exact) mass is 340 g/mol. The zero-order valence-corrected chi connectivity index (χ0v) is 13.7. The van der Waals surface area contributed by atoms with E-state index in [-0.39, 0.29) is 29.9 Å². The van der Waals surface area contributed by atoms with Crippen molar-refractivity contribution in [3.63, 3.8) is 0 Å². The lowest BCUT2D eigenvalue weighted by Gasteiger charge is -2.08. The lowest BCUT2D eigenvalue weighted by Crippen LogP contribution is -2.12. The molecule has 0 fully saturated rings. The molecule has 1 atom stereocenters. The molecule has 3 rings (SSSR count). The number of carbonyl (C=O) groups is 2. The molecule has 1 aliphatic heterocycles. The van der Waals surface area contributed by atoms with Gasteiger partial charge in [-0.2, -0.15) is 0 Å². The zero-order chi connectivity index (χ0) is 18.1. The summed E-state index contributed by atoms with van der Waals surface area (Å²) < 4.78 is 5.45. The highest BCUT2D eigenvalue weighted by Crippen LogP contribution is 2.32. The number of ether oxygens (including phenoxy) is 1.